The zero-order valence-corrected chi connectivity index (χ0v) is 14.5. The molecule has 2 rings (SSSR count). The van der Waals surface area contributed by atoms with Crippen molar-refractivity contribution in [3.05, 3.63) is 35.9 Å². The number of benzene rings is 1. The minimum absolute atomic E-state index is 0.183. The molecule has 0 atom stereocenters. The van der Waals surface area contributed by atoms with Crippen LogP contribution in [-0.4, -0.2) is 25.5 Å². The smallest absolute Gasteiger partial charge is 0.454 e. The average Bonchev–Trinajstić information content (AvgIpc) is 3.05. The monoisotopic (exact) mass is 348 g/mol. The Morgan fingerprint density at radius 1 is 1.12 bits per heavy atom. The Morgan fingerprint density at radius 2 is 1.92 bits per heavy atom. The molecule has 0 saturated heterocycles. The lowest BCUT2D eigenvalue weighted by molar-refractivity contribution is -0.134. The van der Waals surface area contributed by atoms with Crippen molar-refractivity contribution in [2.24, 2.45) is 0 Å². The summed E-state index contributed by atoms with van der Waals surface area (Å²) in [6.45, 7) is 2.13. The topological polar surface area (TPSA) is 71.1 Å². The molecule has 1 heterocycles. The van der Waals surface area contributed by atoms with Gasteiger partial charge in [0.2, 0.25) is 6.79 Å². The van der Waals surface area contributed by atoms with Crippen molar-refractivity contribution in [2.45, 2.75) is 45.4 Å². The second-order valence-electron chi connectivity index (χ2n) is 5.65. The van der Waals surface area contributed by atoms with Crippen LogP contribution in [0.3, 0.4) is 0 Å². The lowest BCUT2D eigenvalue weighted by atomic mass is 10.0. The first-order valence-corrected chi connectivity index (χ1v) is 8.62. The molecule has 0 unspecified atom stereocenters. The quantitative estimate of drug-likeness (QED) is 0.289. The lowest BCUT2D eigenvalue weighted by Gasteiger charge is -2.03. The molecule has 6 heteroatoms. The molecule has 25 heavy (non-hydrogen) atoms. The number of unbranched alkanes of at least 4 members (excludes halogenated alkanes) is 4. The lowest BCUT2D eigenvalue weighted by Crippen LogP contribution is -2.11. The maximum Gasteiger partial charge on any atom is 0.516 e. The number of ether oxygens (including phenoxy) is 4. The number of hydrogen-bond donors (Lipinski definition) is 0. The third-order valence-electron chi connectivity index (χ3n) is 3.72. The Morgan fingerprint density at radius 3 is 2.76 bits per heavy atom. The van der Waals surface area contributed by atoms with Crippen molar-refractivity contribution in [1.29, 1.82) is 0 Å². The van der Waals surface area contributed by atoms with Crippen molar-refractivity contribution < 1.29 is 28.5 Å². The predicted octanol–water partition coefficient (Wildman–Crippen LogP) is 4.16. The van der Waals surface area contributed by atoms with Crippen LogP contribution in [0.4, 0.5) is 4.79 Å². The number of esters is 1. The zero-order valence-electron chi connectivity index (χ0n) is 14.5. The molecule has 0 aromatic heterocycles. The number of carbonyl (C=O) groups excluding carboxylic acids is 2. The van der Waals surface area contributed by atoms with Crippen LogP contribution < -0.4 is 9.47 Å². The van der Waals surface area contributed by atoms with Gasteiger partial charge in [0.25, 0.3) is 0 Å². The second-order valence-corrected chi connectivity index (χ2v) is 5.65. The summed E-state index contributed by atoms with van der Waals surface area (Å²) in [5, 5.41) is 0. The van der Waals surface area contributed by atoms with E-state index in [4.69, 9.17) is 9.47 Å². The highest BCUT2D eigenvalue weighted by atomic mass is 16.7. The normalized spacial score (nSPS) is 12.4. The summed E-state index contributed by atoms with van der Waals surface area (Å²) < 4.78 is 19.6. The molecule has 0 spiro atoms. The molecule has 0 bridgehead atoms. The molecule has 6 nitrogen and oxygen atoms in total. The van der Waals surface area contributed by atoms with Gasteiger partial charge < -0.3 is 18.9 Å². The molecule has 0 aliphatic carbocycles. The maximum absolute atomic E-state index is 11.3. The average molecular weight is 348 g/mol. The van der Waals surface area contributed by atoms with Gasteiger partial charge in [-0.25, -0.2) is 9.59 Å². The molecular weight excluding hydrogens is 324 g/mol. The molecule has 0 saturated carbocycles. The maximum atomic E-state index is 11.3. The fourth-order valence-electron chi connectivity index (χ4n) is 2.48. The minimum atomic E-state index is -0.958. The number of fused-ring (bicyclic) bond motifs is 1. The van der Waals surface area contributed by atoms with E-state index in [2.05, 4.69) is 15.5 Å². The van der Waals surface area contributed by atoms with E-state index in [1.165, 1.54) is 11.6 Å². The Hall–Kier alpha value is -2.50. The van der Waals surface area contributed by atoms with Crippen LogP contribution in [0.15, 0.2) is 30.4 Å². The van der Waals surface area contributed by atoms with Crippen molar-refractivity contribution in [3.8, 4) is 11.5 Å². The fraction of sp³-hybridized carbons (Fsp3) is 0.474. The molecule has 1 aliphatic rings. The molecule has 136 valence electrons. The van der Waals surface area contributed by atoms with E-state index in [-0.39, 0.29) is 6.61 Å². The molecule has 0 amide bonds. The van der Waals surface area contributed by atoms with Gasteiger partial charge in [0.15, 0.2) is 11.5 Å². The third kappa shape index (κ3) is 6.87. The van der Waals surface area contributed by atoms with Crippen LogP contribution >= 0.6 is 0 Å². The number of aryl methyl sites for hydroxylation is 1. The Bertz CT molecular complexity index is 608. The Kier molecular flexibility index (Phi) is 7.82. The third-order valence-corrected chi connectivity index (χ3v) is 3.72. The van der Waals surface area contributed by atoms with Crippen LogP contribution in [0, 0.1) is 0 Å². The first kappa shape index (κ1) is 18.8. The van der Waals surface area contributed by atoms with Gasteiger partial charge in [0.1, 0.15) is 0 Å². The fourth-order valence-corrected chi connectivity index (χ4v) is 2.48. The van der Waals surface area contributed by atoms with Crippen molar-refractivity contribution >= 4 is 12.1 Å². The van der Waals surface area contributed by atoms with Gasteiger partial charge in [0.05, 0.1) is 6.61 Å². The van der Waals surface area contributed by atoms with E-state index >= 15 is 0 Å². The van der Waals surface area contributed by atoms with Crippen LogP contribution in [0.2, 0.25) is 0 Å². The summed E-state index contributed by atoms with van der Waals surface area (Å²) in [7, 11) is 0. The van der Waals surface area contributed by atoms with Crippen LogP contribution in [0.1, 0.15) is 44.6 Å². The van der Waals surface area contributed by atoms with E-state index < -0.39 is 12.1 Å². The Balaban J connectivity index is 1.51. The highest BCUT2D eigenvalue weighted by molar-refractivity contribution is 5.89. The molecule has 0 fully saturated rings. The summed E-state index contributed by atoms with van der Waals surface area (Å²) in [5.41, 5.74) is 1.26. The van der Waals surface area contributed by atoms with Crippen molar-refractivity contribution in [1.82, 2.24) is 0 Å². The first-order chi connectivity index (χ1) is 12.2. The van der Waals surface area contributed by atoms with Gasteiger partial charge in [-0.2, -0.15) is 0 Å². The van der Waals surface area contributed by atoms with Crippen LogP contribution in [-0.2, 0) is 20.7 Å². The molecule has 1 aromatic rings. The standard InChI is InChI=1S/C19H24O6/c1-2-22-19(21)25-18(20)10-8-6-4-3-5-7-9-15-11-12-16-17(13-15)24-14-23-16/h8,10-13H,2-7,9,14H2,1H3/b10-8+. The molecular formula is C19H24O6. The summed E-state index contributed by atoms with van der Waals surface area (Å²) in [6, 6.07) is 6.07. The van der Waals surface area contributed by atoms with Gasteiger partial charge in [-0.1, -0.05) is 25.0 Å². The van der Waals surface area contributed by atoms with E-state index in [1.54, 1.807) is 13.0 Å². The zero-order chi connectivity index (χ0) is 17.9. The summed E-state index contributed by atoms with van der Waals surface area (Å²) in [4.78, 5) is 22.2. The first-order valence-electron chi connectivity index (χ1n) is 8.62. The van der Waals surface area contributed by atoms with E-state index in [9.17, 15) is 9.59 Å². The summed E-state index contributed by atoms with van der Waals surface area (Å²) in [6.07, 6.45) is 8.12. The van der Waals surface area contributed by atoms with E-state index in [1.807, 2.05) is 12.1 Å². The SMILES string of the molecule is CCOC(=O)OC(=O)/C=C/CCCCCCc1ccc2c(c1)OCO2. The van der Waals surface area contributed by atoms with E-state index in [0.29, 0.717) is 6.79 Å². The molecule has 0 N–H and O–H groups in total. The molecule has 0 radical (unpaired) electrons. The number of hydrogen-bond acceptors (Lipinski definition) is 6. The van der Waals surface area contributed by atoms with E-state index in [0.717, 1.165) is 50.0 Å². The minimum Gasteiger partial charge on any atom is -0.454 e. The molecule has 1 aliphatic heterocycles. The van der Waals surface area contributed by atoms with Gasteiger partial charge in [-0.15, -0.1) is 0 Å². The number of allylic oxidation sites excluding steroid dienone is 1. The van der Waals surface area contributed by atoms with Crippen LogP contribution in [0.5, 0.6) is 11.5 Å². The van der Waals surface area contributed by atoms with Gasteiger partial charge in [-0.05, 0) is 50.3 Å². The van der Waals surface area contributed by atoms with Gasteiger partial charge in [-0.3, -0.25) is 0 Å². The van der Waals surface area contributed by atoms with Gasteiger partial charge >= 0.3 is 12.1 Å². The van der Waals surface area contributed by atoms with Crippen molar-refractivity contribution in [3.63, 3.8) is 0 Å². The summed E-state index contributed by atoms with van der Waals surface area (Å²) in [5.74, 6) is 0.954. The molecule has 1 aromatic carbocycles. The van der Waals surface area contributed by atoms with Crippen LogP contribution in [0.25, 0.3) is 0 Å². The number of carbonyl (C=O) groups is 2. The van der Waals surface area contributed by atoms with Crippen molar-refractivity contribution in [2.75, 3.05) is 13.4 Å². The summed E-state index contributed by atoms with van der Waals surface area (Å²) >= 11 is 0. The largest absolute Gasteiger partial charge is 0.516 e. The highest BCUT2D eigenvalue weighted by Crippen LogP contribution is 2.32. The second kappa shape index (κ2) is 10.4. The van der Waals surface area contributed by atoms with Gasteiger partial charge in [0, 0.05) is 6.08 Å². The predicted molar refractivity (Wildman–Crippen MR) is 91.6 cm³/mol. The number of rotatable bonds is 9. The highest BCUT2D eigenvalue weighted by Gasteiger charge is 2.12. The Labute approximate surface area is 147 Å².